The number of halogens is 10. The number of aliphatic imine (C=N–C) groups is 1. The summed E-state index contributed by atoms with van der Waals surface area (Å²) in [5.74, 6) is -2.71. The normalized spacial score (nSPS) is 18.0. The second kappa shape index (κ2) is 27.0. The van der Waals surface area contributed by atoms with E-state index in [-0.39, 0.29) is 28.9 Å². The highest BCUT2D eigenvalue weighted by Crippen LogP contribution is 2.45. The van der Waals surface area contributed by atoms with Gasteiger partial charge in [0, 0.05) is 66.5 Å². The zero-order chi connectivity index (χ0) is 59.5. The number of aliphatic hydroxyl groups excluding tert-OH is 1. The van der Waals surface area contributed by atoms with E-state index in [1.54, 1.807) is 24.4 Å². The third-order valence-electron chi connectivity index (χ3n) is 14.0. The van der Waals surface area contributed by atoms with Crippen LogP contribution in [0.5, 0.6) is 0 Å². The molecule has 2 saturated heterocycles. The molecule has 0 saturated carbocycles. The van der Waals surface area contributed by atoms with Gasteiger partial charge < -0.3 is 40.6 Å². The van der Waals surface area contributed by atoms with Gasteiger partial charge in [0.2, 0.25) is 11.8 Å². The molecule has 0 radical (unpaired) electrons. The van der Waals surface area contributed by atoms with Gasteiger partial charge in [-0.1, -0.05) is 37.8 Å². The van der Waals surface area contributed by atoms with Crippen LogP contribution in [0.25, 0.3) is 5.70 Å². The molecule has 0 spiro atoms. The van der Waals surface area contributed by atoms with E-state index in [2.05, 4.69) is 58.9 Å². The van der Waals surface area contributed by atoms with Crippen LogP contribution in [-0.4, -0.2) is 160 Å². The van der Waals surface area contributed by atoms with E-state index in [1.807, 2.05) is 11.4 Å². The summed E-state index contributed by atoms with van der Waals surface area (Å²) >= 11 is 0. The molecule has 3 aromatic rings. The molecule has 2 aromatic carbocycles. The van der Waals surface area contributed by atoms with Crippen molar-refractivity contribution in [2.45, 2.75) is 96.1 Å². The predicted molar refractivity (Wildman–Crippen MR) is 272 cm³/mol. The number of morpholine rings is 1. The summed E-state index contributed by atoms with van der Waals surface area (Å²) in [6.45, 7) is 1.95. The maximum atomic E-state index is 16.0. The van der Waals surface area contributed by atoms with Gasteiger partial charge in [0.25, 0.3) is 6.43 Å². The maximum absolute atomic E-state index is 16.0. The Bertz CT molecular complexity index is 2730. The molecule has 3 heterocycles. The lowest BCUT2D eigenvalue weighted by molar-refractivity contribution is -0.231. The number of carbonyl (C=O) groups is 4. The van der Waals surface area contributed by atoms with E-state index in [0.29, 0.717) is 69.2 Å². The number of nitrogens with zero attached hydrogens (tertiary/aromatic N) is 5. The van der Waals surface area contributed by atoms with Crippen LogP contribution in [0.4, 0.5) is 54.5 Å². The molecule has 1 aromatic heterocycles. The molecule has 2 fully saturated rings. The van der Waals surface area contributed by atoms with E-state index in [4.69, 9.17) is 10.5 Å². The zero-order valence-electron chi connectivity index (χ0n) is 44.7. The highest BCUT2D eigenvalue weighted by atomic mass is 19.4. The molecule has 27 heteroatoms. The fourth-order valence-electron chi connectivity index (χ4n) is 8.58. The molecule has 6 atom stereocenters. The van der Waals surface area contributed by atoms with Crippen LogP contribution in [-0.2, 0) is 41.6 Å². The van der Waals surface area contributed by atoms with Crippen molar-refractivity contribution >= 4 is 41.6 Å². The average molecular weight is 1140 g/mol. The lowest BCUT2D eigenvalue weighted by atomic mass is 9.75. The van der Waals surface area contributed by atoms with Gasteiger partial charge in [0.1, 0.15) is 23.5 Å². The summed E-state index contributed by atoms with van der Waals surface area (Å²) < 4.78 is 159. The SMILES string of the molecule is COC(=O)C[C@H](C(=O)NN(Cc1c(F)cc(C(N)=CC=NCC(F)F)cc1F)C[C@H](O)[C@H](Cc1ccc(C#Cc2ccc(N3CC4COCC(C3)N4C)nc2)cc1)NC(=O)[C@@H](NC(=O)OC)C(C)(C)C(F)(F)F)C(C)(C)C(F)(F)F. The van der Waals surface area contributed by atoms with Crippen LogP contribution in [0.1, 0.15) is 61.9 Å². The molecule has 2 aliphatic heterocycles. The average Bonchev–Trinajstić information content (AvgIpc) is 3.37. The lowest BCUT2D eigenvalue weighted by Crippen LogP contribution is -2.63. The van der Waals surface area contributed by atoms with Gasteiger partial charge in [-0.15, -0.1) is 0 Å². The van der Waals surface area contributed by atoms with E-state index < -0.39 is 127 Å². The number of hydrogen-bond donors (Lipinski definition) is 5. The number of anilines is 1. The summed E-state index contributed by atoms with van der Waals surface area (Å²) in [5, 5.41) is 16.8. The Morgan fingerprint density at radius 3 is 2.01 bits per heavy atom. The first-order chi connectivity index (χ1) is 37.4. The number of piperazine rings is 1. The first kappa shape index (κ1) is 63.8. The van der Waals surface area contributed by atoms with Crippen LogP contribution in [0.15, 0.2) is 65.8 Å². The topological polar surface area (TPSA) is 213 Å². The molecule has 80 heavy (non-hydrogen) atoms. The highest BCUT2D eigenvalue weighted by molar-refractivity contribution is 5.87. The Labute approximate surface area is 455 Å². The molecule has 3 amide bonds. The number of hydrogen-bond acceptors (Lipinski definition) is 14. The minimum absolute atomic E-state index is 0.216. The smallest absolute Gasteiger partial charge is 0.407 e. The van der Waals surface area contributed by atoms with Gasteiger partial charge in [-0.3, -0.25) is 29.7 Å². The summed E-state index contributed by atoms with van der Waals surface area (Å²) in [6.07, 6.45) is -15.0. The highest BCUT2D eigenvalue weighted by Gasteiger charge is 2.57. The van der Waals surface area contributed by atoms with Crippen molar-refractivity contribution < 1.29 is 82.4 Å². The van der Waals surface area contributed by atoms with Crippen LogP contribution in [0.2, 0.25) is 0 Å². The van der Waals surface area contributed by atoms with Crippen LogP contribution >= 0.6 is 0 Å². The third kappa shape index (κ3) is 16.5. The van der Waals surface area contributed by atoms with Gasteiger partial charge in [-0.05, 0) is 75.4 Å². The van der Waals surface area contributed by atoms with Crippen LogP contribution in [0, 0.1) is 40.2 Å². The van der Waals surface area contributed by atoms with Gasteiger partial charge in [-0.2, -0.15) is 26.3 Å². The number of rotatable bonds is 21. The van der Waals surface area contributed by atoms with Crippen molar-refractivity contribution in [2.24, 2.45) is 27.5 Å². The first-order valence-electron chi connectivity index (χ1n) is 24.8. The second-order valence-electron chi connectivity index (χ2n) is 20.3. The molecule has 2 bridgehead atoms. The van der Waals surface area contributed by atoms with Crippen molar-refractivity contribution in [2.75, 3.05) is 65.6 Å². The number of nitrogens with two attached hydrogens (primary N) is 1. The third-order valence-corrected chi connectivity index (χ3v) is 14.0. The number of aromatic nitrogens is 1. The fourth-order valence-corrected chi connectivity index (χ4v) is 8.58. The number of ether oxygens (including phenoxy) is 3. The summed E-state index contributed by atoms with van der Waals surface area (Å²) in [6, 6.07) is 7.30. The number of methoxy groups -OCH3 is 2. The minimum Gasteiger partial charge on any atom is -0.469 e. The van der Waals surface area contributed by atoms with E-state index in [1.165, 1.54) is 12.1 Å². The maximum Gasteiger partial charge on any atom is 0.407 e. The number of aliphatic hydroxyl groups is 1. The Hall–Kier alpha value is -7.02. The Morgan fingerprint density at radius 1 is 0.887 bits per heavy atom. The number of hydrazine groups is 1. The van der Waals surface area contributed by atoms with Gasteiger partial charge in [0.15, 0.2) is 0 Å². The number of esters is 1. The number of alkyl halides is 8. The Morgan fingerprint density at radius 2 is 1.48 bits per heavy atom. The molecule has 2 unspecified atom stereocenters. The van der Waals surface area contributed by atoms with Crippen molar-refractivity contribution in [1.82, 2.24) is 31.0 Å². The van der Waals surface area contributed by atoms with E-state index in [0.717, 1.165) is 45.4 Å². The van der Waals surface area contributed by atoms with Crippen LogP contribution in [0.3, 0.4) is 0 Å². The number of pyridine rings is 1. The number of nitrogens with one attached hydrogen (secondary N) is 3. The number of fused-ring (bicyclic) bond motifs is 2. The summed E-state index contributed by atoms with van der Waals surface area (Å²) in [7, 11) is 3.74. The van der Waals surface area contributed by atoms with Crippen molar-refractivity contribution in [3.63, 3.8) is 0 Å². The molecule has 5 rings (SSSR count). The quantitative estimate of drug-likeness (QED) is 0.0276. The second-order valence-corrected chi connectivity index (χ2v) is 20.3. The van der Waals surface area contributed by atoms with Crippen molar-refractivity contribution in [3.8, 4) is 11.8 Å². The molecule has 6 N–H and O–H groups in total. The zero-order valence-corrected chi connectivity index (χ0v) is 44.7. The molecular formula is C53H63F10N9O8. The van der Waals surface area contributed by atoms with Crippen LogP contribution < -0.4 is 26.7 Å². The van der Waals surface area contributed by atoms with E-state index >= 15 is 8.78 Å². The van der Waals surface area contributed by atoms with Crippen molar-refractivity contribution in [3.05, 3.63) is 100 Å². The Balaban J connectivity index is 1.51. The number of benzene rings is 2. The van der Waals surface area contributed by atoms with Gasteiger partial charge >= 0.3 is 24.4 Å². The lowest BCUT2D eigenvalue weighted by Gasteiger charge is -2.48. The standard InChI is InChI=1S/C53H63F10N9O8/c1-50(2,52(58,59)60)37(21-45(74)78-6)47(75)69-72(26-36-38(54)19-33(20-39(36)55)40(64)16-17-65-23-43(56)57)27-42(73)41(67-48(76)46(68-49(77)79-7)51(3,4)53(61,62)63)18-31-11-8-30(9-12-31)10-13-32-14-15-44(66-22-32)71-24-34-28-80-29-35(25-71)70(34)5/h8-9,11-12,14-17,19-20,22,34-35,37,41-43,46,73H,18,21,23-29,64H2,1-7H3,(H,67,76)(H,68,77)(H,69,75)/t34?,35?,37-,41+,42+,46-/m1/s1. The summed E-state index contributed by atoms with van der Waals surface area (Å²) in [4.78, 5) is 65.5. The Kier molecular flexibility index (Phi) is 21.5. The minimum atomic E-state index is -5.17. The predicted octanol–water partition coefficient (Wildman–Crippen LogP) is 5.92. The number of carbonyl (C=O) groups excluding carboxylic acids is 4. The molecule has 0 aliphatic carbocycles. The number of amides is 3. The number of likely N-dealkylation sites (N-methyl/N-ethyl adjacent to an activating group) is 1. The molecule has 17 nitrogen and oxygen atoms in total. The monoisotopic (exact) mass is 1140 g/mol. The van der Waals surface area contributed by atoms with Gasteiger partial charge in [-0.25, -0.2) is 32.3 Å². The molecule has 2 aliphatic rings. The number of alkyl carbamates (subject to hydrolysis) is 1. The summed E-state index contributed by atoms with van der Waals surface area (Å²) in [5.41, 5.74) is 1.65. The van der Waals surface area contributed by atoms with Crippen molar-refractivity contribution in [1.29, 1.82) is 0 Å². The largest absolute Gasteiger partial charge is 0.469 e. The number of allylic oxidation sites excluding steroid dienone is 1. The fraction of sp³-hybridized carbons (Fsp3) is 0.509. The van der Waals surface area contributed by atoms with E-state index in [9.17, 15) is 59.4 Å². The van der Waals surface area contributed by atoms with Gasteiger partial charge in [0.05, 0.1) is 81.4 Å². The molecule has 438 valence electrons. The molecular weight excluding hydrogens is 1080 g/mol. The first-order valence-corrected chi connectivity index (χ1v) is 24.8.